The molecule has 0 N–H and O–H groups in total. The molecule has 20 rings (SSSR count). The number of allylic oxidation sites excluding steroid dienone is 2. The Morgan fingerprint density at radius 1 is 0.344 bits per heavy atom. The number of benzene rings is 10. The Morgan fingerprint density at radius 3 is 1.36 bits per heavy atom. The molecule has 2 saturated carbocycles. The number of aryl methyl sites for hydroxylation is 2. The van der Waals surface area contributed by atoms with Crippen LogP contribution in [-0.4, -0.2) is 17.8 Å². The van der Waals surface area contributed by atoms with Crippen molar-refractivity contribution in [3.05, 3.63) is 283 Å². The molecule has 0 bridgehead atoms. The van der Waals surface area contributed by atoms with Gasteiger partial charge in [0, 0.05) is 83.7 Å². The van der Waals surface area contributed by atoms with E-state index in [4.69, 9.17) is 0 Å². The summed E-state index contributed by atoms with van der Waals surface area (Å²) in [6, 6.07) is 73.2. The van der Waals surface area contributed by atoms with Gasteiger partial charge in [-0.15, -0.1) is 0 Å². The molecule has 2 fully saturated rings. The van der Waals surface area contributed by atoms with Gasteiger partial charge in [-0.05, 0) is 301 Å². The summed E-state index contributed by atoms with van der Waals surface area (Å²) in [7, 11) is 0. The van der Waals surface area contributed by atoms with Gasteiger partial charge >= 0.3 is 0 Å². The van der Waals surface area contributed by atoms with E-state index in [1.54, 1.807) is 22.2 Å². The summed E-state index contributed by atoms with van der Waals surface area (Å²) in [4.78, 5) is 11.2. The average Bonchev–Trinajstić information content (AvgIpc) is 1.49. The van der Waals surface area contributed by atoms with Gasteiger partial charge in [0.05, 0.1) is 28.1 Å². The Labute approximate surface area is 754 Å². The van der Waals surface area contributed by atoms with Crippen LogP contribution < -0.4 is 30.5 Å². The van der Waals surface area contributed by atoms with Crippen LogP contribution in [0.4, 0.5) is 45.5 Å². The molecule has 648 valence electrons. The van der Waals surface area contributed by atoms with Gasteiger partial charge in [0.15, 0.2) is 0 Å². The summed E-state index contributed by atoms with van der Waals surface area (Å²) in [6.07, 6.45) is 17.3. The van der Waals surface area contributed by atoms with E-state index in [2.05, 4.69) is 415 Å². The van der Waals surface area contributed by atoms with Crippen molar-refractivity contribution in [2.24, 2.45) is 0 Å². The molecule has 6 aliphatic carbocycles. The predicted molar refractivity (Wildman–Crippen MR) is 540 cm³/mol. The van der Waals surface area contributed by atoms with Gasteiger partial charge in [-0.1, -0.05) is 320 Å². The lowest BCUT2D eigenvalue weighted by Crippen LogP contribution is -2.62. The third-order valence-corrected chi connectivity index (χ3v) is 34.4. The fraction of sp³-hybridized carbons (Fsp3) is 0.467. The van der Waals surface area contributed by atoms with Crippen LogP contribution in [0.3, 0.4) is 0 Å². The van der Waals surface area contributed by atoms with Crippen LogP contribution in [0.15, 0.2) is 194 Å². The fourth-order valence-electron chi connectivity index (χ4n) is 25.9. The second kappa shape index (κ2) is 27.7. The Kier molecular flexibility index (Phi) is 18.9. The summed E-state index contributed by atoms with van der Waals surface area (Å²) < 4.78 is 0. The summed E-state index contributed by atoms with van der Waals surface area (Å²) in [5.74, 6) is 0. The molecule has 0 aromatic heterocycles. The summed E-state index contributed by atoms with van der Waals surface area (Å²) in [5.41, 5.74) is 46.5. The number of fused-ring (bicyclic) bond motifs is 14. The van der Waals surface area contributed by atoms with Gasteiger partial charge in [0.1, 0.15) is 0 Å². The number of anilines is 8. The maximum absolute atomic E-state index is 2.93. The van der Waals surface area contributed by atoms with Crippen LogP contribution in [-0.2, 0) is 65.0 Å². The molecule has 0 saturated heterocycles. The largest absolute Gasteiger partial charge is 0.335 e. The van der Waals surface area contributed by atoms with Crippen molar-refractivity contribution in [1.82, 2.24) is 0 Å². The SMILES string of the molecule is Cc1cc(N(C2=CC(C)(C)c3cc4c(cc32)C(C)(C)CCC4(C)C)c2ccc(C(C)(C)C)cc2-c2ccccc2)cc(N2c3ccc(C(C)(C)C)cc3C3(C)CCCCC23C)c1.Cc1cc2c3c(c1)N1c4c(cc(C(C)(C)C)cc4C4(C)CCCCC14C)B3C1=C(c3cc4c(cc3C1(C)C)C(C)(C)CCC4(C)C)N2c1ccc(C(C)(C)C)cc1-c1ccccc1. The molecule has 0 spiro atoms. The third kappa shape index (κ3) is 12.8. The first-order chi connectivity index (χ1) is 58.3. The Hall–Kier alpha value is -9.06. The standard InChI is InChI=1S/C60H71BN2.C60H74N2/c1-36-29-48-50-49(30-36)63-52-45(59(14)25-19-20-26-60(59,63)15)32-39(55(5,6)7)33-46(52)61(50)53-51(41-34-43-44(35-42(41)58(53,12)13)57(10,11)28-27-56(43,8)9)62(48)47-24-23-38(54(2,3)4)31-40(47)37-21-17-16-18-22-37;1-39-31-43(35-44(32-39)62-52-26-24-42(55(5,6)7)34-50(52)59(14)27-19-20-28-60(59,62)15)61(51-25-23-41(54(2,3)4)33-45(51)40-21-17-16-18-22-40)53-38-58(12,13)47-37-49-48(36-46(47)53)56(8,9)29-30-57(49,10)11/h16-18,21-24,29-35H,19-20,25-28H2,1-15H3;16-18,21-26,31-38H,19-20,27-30H2,1-15H3. The second-order valence-electron chi connectivity index (χ2n) is 49.6. The first-order valence-corrected chi connectivity index (χ1v) is 48.3. The zero-order chi connectivity index (χ0) is 89.3. The zero-order valence-corrected chi connectivity index (χ0v) is 82.2. The third-order valence-electron chi connectivity index (χ3n) is 34.4. The molecule has 5 heteroatoms. The van der Waals surface area contributed by atoms with E-state index in [0.29, 0.717) is 0 Å². The molecule has 4 unspecified atom stereocenters. The van der Waals surface area contributed by atoms with Crippen molar-refractivity contribution in [2.45, 2.75) is 361 Å². The Bertz CT molecular complexity index is 6210. The Morgan fingerprint density at radius 2 is 0.800 bits per heavy atom. The zero-order valence-electron chi connectivity index (χ0n) is 82.2. The van der Waals surface area contributed by atoms with E-state index < -0.39 is 0 Å². The highest BCUT2D eigenvalue weighted by Gasteiger charge is 2.64. The van der Waals surface area contributed by atoms with Gasteiger partial charge in [0.25, 0.3) is 0 Å². The first kappa shape index (κ1) is 85.4. The average molecular weight is 1650 g/mol. The van der Waals surface area contributed by atoms with Gasteiger partial charge in [-0.2, -0.15) is 0 Å². The molecule has 0 radical (unpaired) electrons. The smallest absolute Gasteiger partial charge is 0.248 e. The van der Waals surface area contributed by atoms with E-state index in [1.165, 1.54) is 239 Å². The maximum Gasteiger partial charge on any atom is 0.248 e. The summed E-state index contributed by atoms with van der Waals surface area (Å²) in [5, 5.41) is 0. The molecule has 4 nitrogen and oxygen atoms in total. The molecule has 10 aromatic rings. The van der Waals surface area contributed by atoms with Crippen molar-refractivity contribution in [3.63, 3.8) is 0 Å². The number of rotatable bonds is 7. The van der Waals surface area contributed by atoms with Crippen LogP contribution in [0.5, 0.6) is 0 Å². The van der Waals surface area contributed by atoms with Crippen LogP contribution in [0.25, 0.3) is 33.6 Å². The number of hydrogen-bond acceptors (Lipinski definition) is 4. The van der Waals surface area contributed by atoms with Crippen molar-refractivity contribution in [3.8, 4) is 22.3 Å². The van der Waals surface area contributed by atoms with Crippen molar-refractivity contribution >= 4 is 74.5 Å². The molecule has 10 aromatic carbocycles. The number of nitrogens with zero attached hydrogens (tertiary/aromatic N) is 4. The maximum atomic E-state index is 2.93. The van der Waals surface area contributed by atoms with Crippen molar-refractivity contribution in [2.75, 3.05) is 19.6 Å². The topological polar surface area (TPSA) is 13.0 Å². The normalized spacial score (nSPS) is 23.8. The van der Waals surface area contributed by atoms with Gasteiger partial charge < -0.3 is 19.6 Å². The minimum absolute atomic E-state index is 0.000150. The van der Waals surface area contributed by atoms with Crippen LogP contribution in [0.1, 0.15) is 360 Å². The van der Waals surface area contributed by atoms with Crippen LogP contribution >= 0.6 is 0 Å². The van der Waals surface area contributed by atoms with Gasteiger partial charge in [0.2, 0.25) is 6.71 Å². The van der Waals surface area contributed by atoms with E-state index >= 15 is 0 Å². The highest BCUT2D eigenvalue weighted by Crippen LogP contribution is 2.68. The van der Waals surface area contributed by atoms with Crippen molar-refractivity contribution < 1.29 is 0 Å². The molecular formula is C120H145BN4. The minimum Gasteiger partial charge on any atom is -0.335 e. The van der Waals surface area contributed by atoms with Crippen LogP contribution in [0, 0.1) is 13.8 Å². The lowest BCUT2D eigenvalue weighted by atomic mass is 9.30. The van der Waals surface area contributed by atoms with Gasteiger partial charge in [-0.25, -0.2) is 0 Å². The lowest BCUT2D eigenvalue weighted by molar-refractivity contribution is 0.195. The first-order valence-electron chi connectivity index (χ1n) is 48.3. The predicted octanol–water partition coefficient (Wildman–Crippen LogP) is 31.5. The quantitative estimate of drug-likeness (QED) is 0.147. The molecule has 4 heterocycles. The molecule has 4 atom stereocenters. The number of hydrogen-bond donors (Lipinski definition) is 0. The highest BCUT2D eigenvalue weighted by atomic mass is 15.3. The van der Waals surface area contributed by atoms with Crippen molar-refractivity contribution in [1.29, 1.82) is 0 Å². The van der Waals surface area contributed by atoms with E-state index in [0.717, 1.165) is 0 Å². The molecule has 4 aliphatic heterocycles. The Balaban J connectivity index is 0.000000164. The second-order valence-corrected chi connectivity index (χ2v) is 49.6. The van der Waals surface area contributed by atoms with E-state index in [1.807, 2.05) is 0 Å². The molecular weight excluding hydrogens is 1510 g/mol. The van der Waals surface area contributed by atoms with Crippen LogP contribution in [0.2, 0.25) is 0 Å². The monoisotopic (exact) mass is 1650 g/mol. The lowest BCUT2D eigenvalue weighted by Gasteiger charge is -2.53. The summed E-state index contributed by atoms with van der Waals surface area (Å²) in [6.45, 7) is 73.6. The molecule has 0 amide bonds. The molecule has 125 heavy (non-hydrogen) atoms. The molecule has 10 aliphatic rings. The van der Waals surface area contributed by atoms with E-state index in [-0.39, 0.29) is 82.8 Å². The van der Waals surface area contributed by atoms with Gasteiger partial charge in [-0.3, -0.25) is 0 Å². The minimum atomic E-state index is -0.232. The van der Waals surface area contributed by atoms with E-state index in [9.17, 15) is 0 Å². The fourth-order valence-corrected chi connectivity index (χ4v) is 25.9. The highest BCUT2D eigenvalue weighted by molar-refractivity contribution is 6.96. The summed E-state index contributed by atoms with van der Waals surface area (Å²) >= 11 is 0.